The van der Waals surface area contributed by atoms with Gasteiger partial charge in [-0.25, -0.2) is 4.79 Å². The van der Waals surface area contributed by atoms with Crippen LogP contribution in [0.4, 0.5) is 5.69 Å². The van der Waals surface area contributed by atoms with E-state index in [0.717, 1.165) is 0 Å². The number of methoxy groups -OCH3 is 2. The molecule has 2 atom stereocenters. The molecule has 2 aliphatic heterocycles. The Morgan fingerprint density at radius 1 is 1.13 bits per heavy atom. The van der Waals surface area contributed by atoms with Crippen molar-refractivity contribution >= 4 is 46.7 Å². The van der Waals surface area contributed by atoms with Gasteiger partial charge < -0.3 is 19.5 Å². The summed E-state index contributed by atoms with van der Waals surface area (Å²) < 4.78 is 16.1. The summed E-state index contributed by atoms with van der Waals surface area (Å²) in [5, 5.41) is 3.45. The lowest BCUT2D eigenvalue weighted by molar-refractivity contribution is -0.144. The fourth-order valence-electron chi connectivity index (χ4n) is 3.89. The molecule has 1 N–H and O–H groups in total. The zero-order valence-electron chi connectivity index (χ0n) is 16.6. The summed E-state index contributed by atoms with van der Waals surface area (Å²) in [6.07, 6.45) is -0.628. The van der Waals surface area contributed by atoms with E-state index in [0.29, 0.717) is 27.0 Å². The van der Waals surface area contributed by atoms with E-state index in [2.05, 4.69) is 5.32 Å². The van der Waals surface area contributed by atoms with Gasteiger partial charge in [0.05, 0.1) is 14.2 Å². The Kier molecular flexibility index (Phi) is 5.68. The zero-order valence-corrected chi connectivity index (χ0v) is 18.1. The van der Waals surface area contributed by atoms with Crippen molar-refractivity contribution in [2.45, 2.75) is 25.1 Å². The number of fused-ring (bicyclic) bond motifs is 1. The highest BCUT2D eigenvalue weighted by atomic mass is 35.5. The number of esters is 1. The molecule has 2 amide bonds. The van der Waals surface area contributed by atoms with Crippen molar-refractivity contribution in [1.29, 1.82) is 0 Å². The number of hydrogen-bond donors (Lipinski definition) is 1. The highest BCUT2D eigenvalue weighted by molar-refractivity contribution is 6.35. The van der Waals surface area contributed by atoms with Gasteiger partial charge in [-0.3, -0.25) is 14.5 Å². The van der Waals surface area contributed by atoms with E-state index in [4.69, 9.17) is 37.4 Å². The molecule has 162 valence electrons. The van der Waals surface area contributed by atoms with Crippen LogP contribution in [0, 0.1) is 0 Å². The van der Waals surface area contributed by atoms with E-state index < -0.39 is 24.1 Å². The summed E-state index contributed by atoms with van der Waals surface area (Å²) in [4.78, 5) is 39.6. The lowest BCUT2D eigenvalue weighted by Gasteiger charge is -2.29. The van der Waals surface area contributed by atoms with Gasteiger partial charge in [0.1, 0.15) is 11.6 Å². The second-order valence-corrected chi connectivity index (χ2v) is 7.90. The number of likely N-dealkylation sites (tertiary alicyclic amines) is 1. The average molecular weight is 465 g/mol. The Bertz CT molecular complexity index is 1070. The number of cyclic esters (lactones) is 1. The van der Waals surface area contributed by atoms with Crippen LogP contribution in [0.5, 0.6) is 11.5 Å². The van der Waals surface area contributed by atoms with Gasteiger partial charge in [0, 0.05) is 27.7 Å². The van der Waals surface area contributed by atoms with Crippen molar-refractivity contribution in [3.8, 4) is 11.5 Å². The summed E-state index contributed by atoms with van der Waals surface area (Å²) in [5.74, 6) is -0.817. The molecule has 2 heterocycles. The Morgan fingerprint density at radius 3 is 2.48 bits per heavy atom. The number of anilines is 1. The van der Waals surface area contributed by atoms with E-state index in [1.807, 2.05) is 0 Å². The monoisotopic (exact) mass is 464 g/mol. The topological polar surface area (TPSA) is 94.2 Å². The Morgan fingerprint density at radius 2 is 1.84 bits per heavy atom. The summed E-state index contributed by atoms with van der Waals surface area (Å²) in [6, 6.07) is 7.05. The van der Waals surface area contributed by atoms with Crippen LogP contribution in [-0.4, -0.2) is 42.9 Å². The van der Waals surface area contributed by atoms with Crippen molar-refractivity contribution < 1.29 is 28.6 Å². The Balaban J connectivity index is 1.65. The van der Waals surface area contributed by atoms with Crippen LogP contribution >= 0.6 is 23.2 Å². The SMILES string of the molecule is COc1ccc2c(c1OC)C(=O)O[C@@H]2N1C(=O)CC[C@@H]1C(=O)Nc1cc(Cl)cc(Cl)c1. The smallest absolute Gasteiger partial charge is 0.344 e. The molecule has 8 nitrogen and oxygen atoms in total. The molecule has 31 heavy (non-hydrogen) atoms. The molecule has 2 aromatic carbocycles. The maximum absolute atomic E-state index is 13.0. The van der Waals surface area contributed by atoms with Gasteiger partial charge in [0.2, 0.25) is 18.0 Å². The number of rotatable bonds is 5. The second-order valence-electron chi connectivity index (χ2n) is 7.03. The fraction of sp³-hybridized carbons (Fsp3) is 0.286. The maximum Gasteiger partial charge on any atom is 0.344 e. The lowest BCUT2D eigenvalue weighted by Crippen LogP contribution is -2.43. The first-order valence-electron chi connectivity index (χ1n) is 9.38. The maximum atomic E-state index is 13.0. The summed E-state index contributed by atoms with van der Waals surface area (Å²) in [7, 11) is 2.86. The van der Waals surface area contributed by atoms with Crippen LogP contribution in [0.15, 0.2) is 30.3 Å². The largest absolute Gasteiger partial charge is 0.493 e. The molecule has 4 rings (SSSR count). The molecular weight excluding hydrogens is 447 g/mol. The first kappa shape index (κ1) is 21.3. The molecule has 1 fully saturated rings. The van der Waals surface area contributed by atoms with Gasteiger partial charge in [0.25, 0.3) is 0 Å². The molecule has 0 aromatic heterocycles. The first-order valence-corrected chi connectivity index (χ1v) is 10.1. The number of nitrogens with one attached hydrogen (secondary N) is 1. The summed E-state index contributed by atoms with van der Waals surface area (Å²) in [5.41, 5.74) is 1.01. The molecule has 0 spiro atoms. The van der Waals surface area contributed by atoms with Gasteiger partial charge in [-0.1, -0.05) is 23.2 Å². The number of carbonyl (C=O) groups excluding carboxylic acids is 3. The molecule has 0 radical (unpaired) electrons. The molecule has 0 aliphatic carbocycles. The standard InChI is InChI=1S/C21H18Cl2N2O6/c1-29-15-5-3-13-17(18(15)30-2)21(28)31-20(13)25-14(4-6-16(25)26)19(27)24-12-8-10(22)7-11(23)9-12/h3,5,7-9,14,20H,4,6H2,1-2H3,(H,24,27)/t14-,20+/m1/s1. The summed E-state index contributed by atoms with van der Waals surface area (Å²) in [6.45, 7) is 0. The van der Waals surface area contributed by atoms with Crippen LogP contribution in [-0.2, 0) is 14.3 Å². The Hall–Kier alpha value is -2.97. The van der Waals surface area contributed by atoms with Crippen molar-refractivity contribution in [2.75, 3.05) is 19.5 Å². The van der Waals surface area contributed by atoms with Gasteiger partial charge >= 0.3 is 5.97 Å². The van der Waals surface area contributed by atoms with Crippen LogP contribution in [0.3, 0.4) is 0 Å². The lowest BCUT2D eigenvalue weighted by atomic mass is 10.1. The number of benzene rings is 2. The third-order valence-corrected chi connectivity index (χ3v) is 5.64. The normalized spacial score (nSPS) is 19.8. The van der Waals surface area contributed by atoms with Crippen LogP contribution in [0.25, 0.3) is 0 Å². The predicted octanol–water partition coefficient (Wildman–Crippen LogP) is 3.81. The van der Waals surface area contributed by atoms with Crippen molar-refractivity contribution in [1.82, 2.24) is 4.90 Å². The molecule has 2 aliphatic rings. The van der Waals surface area contributed by atoms with E-state index in [9.17, 15) is 14.4 Å². The van der Waals surface area contributed by atoms with E-state index in [1.165, 1.54) is 19.1 Å². The van der Waals surface area contributed by atoms with Gasteiger partial charge in [0.15, 0.2) is 11.5 Å². The quantitative estimate of drug-likeness (QED) is 0.676. The molecule has 0 saturated carbocycles. The molecule has 1 saturated heterocycles. The highest BCUT2D eigenvalue weighted by Gasteiger charge is 2.47. The average Bonchev–Trinajstić information content (AvgIpc) is 3.26. The molecule has 10 heteroatoms. The minimum Gasteiger partial charge on any atom is -0.493 e. The number of amides is 2. The second kappa shape index (κ2) is 8.28. The number of hydrogen-bond acceptors (Lipinski definition) is 6. The van der Waals surface area contributed by atoms with Gasteiger partial charge in [-0.2, -0.15) is 0 Å². The Labute approximate surface area is 188 Å². The zero-order chi connectivity index (χ0) is 22.3. The van der Waals surface area contributed by atoms with Gasteiger partial charge in [-0.05, 0) is 36.8 Å². The van der Waals surface area contributed by atoms with E-state index in [1.54, 1.807) is 30.3 Å². The van der Waals surface area contributed by atoms with Crippen molar-refractivity contribution in [3.63, 3.8) is 0 Å². The molecular formula is C21H18Cl2N2O6. The van der Waals surface area contributed by atoms with Crippen LogP contribution in [0.1, 0.15) is 35.0 Å². The van der Waals surface area contributed by atoms with Crippen LogP contribution < -0.4 is 14.8 Å². The first-order chi connectivity index (χ1) is 14.8. The van der Waals surface area contributed by atoms with Gasteiger partial charge in [-0.15, -0.1) is 0 Å². The molecule has 2 aromatic rings. The number of nitrogens with zero attached hydrogens (tertiary/aromatic N) is 1. The minimum absolute atomic E-state index is 0.144. The molecule has 0 unspecified atom stereocenters. The van der Waals surface area contributed by atoms with Crippen molar-refractivity contribution in [3.05, 3.63) is 51.5 Å². The minimum atomic E-state index is -1.05. The van der Waals surface area contributed by atoms with Crippen LogP contribution in [0.2, 0.25) is 10.0 Å². The third-order valence-electron chi connectivity index (χ3n) is 5.21. The number of halogens is 2. The molecule has 0 bridgehead atoms. The summed E-state index contributed by atoms with van der Waals surface area (Å²) >= 11 is 12.0. The predicted molar refractivity (Wildman–Crippen MR) is 113 cm³/mol. The fourth-order valence-corrected chi connectivity index (χ4v) is 4.42. The van der Waals surface area contributed by atoms with E-state index in [-0.39, 0.29) is 30.1 Å². The third kappa shape index (κ3) is 3.77. The number of ether oxygens (including phenoxy) is 3. The highest BCUT2D eigenvalue weighted by Crippen LogP contribution is 2.45. The van der Waals surface area contributed by atoms with Crippen molar-refractivity contribution in [2.24, 2.45) is 0 Å². The van der Waals surface area contributed by atoms with E-state index >= 15 is 0 Å². The number of carbonyl (C=O) groups is 3.